The molecule has 0 saturated heterocycles. The lowest BCUT2D eigenvalue weighted by Gasteiger charge is -2.16. The van der Waals surface area contributed by atoms with Crippen LogP contribution in [0.4, 0.5) is 0 Å². The first-order valence-electron chi connectivity index (χ1n) is 8.88. The van der Waals surface area contributed by atoms with Crippen LogP contribution in [-0.2, 0) is 4.79 Å². The fourth-order valence-electron chi connectivity index (χ4n) is 2.59. The van der Waals surface area contributed by atoms with E-state index in [4.69, 9.17) is 5.73 Å². The minimum atomic E-state index is 0.400. The first-order chi connectivity index (χ1) is 10.6. The first kappa shape index (κ1) is 20.7. The number of nitrogens with two attached hydrogens (primary N) is 1. The molecule has 0 bridgehead atoms. The van der Waals surface area contributed by atoms with E-state index in [1.165, 1.54) is 50.3 Å². The molecule has 0 aliphatic carbocycles. The van der Waals surface area contributed by atoms with Crippen molar-refractivity contribution >= 4 is 5.78 Å². The molecule has 0 aliphatic heterocycles. The number of carbonyl (C=O) groups is 1. The van der Waals surface area contributed by atoms with Gasteiger partial charge in [-0.25, -0.2) is 0 Å². The predicted molar refractivity (Wildman–Crippen MR) is 97.6 cm³/mol. The van der Waals surface area contributed by atoms with Gasteiger partial charge in [-0.1, -0.05) is 70.3 Å². The SMILES string of the molecule is C=C(/C=C\C=C/N)CC[C@H](CCCC)CCCCC(=O)CC. The highest BCUT2D eigenvalue weighted by Crippen LogP contribution is 2.24. The Bertz CT molecular complexity index is 355. The summed E-state index contributed by atoms with van der Waals surface area (Å²) in [6.07, 6.45) is 18.4. The number of hydrogen-bond acceptors (Lipinski definition) is 2. The van der Waals surface area contributed by atoms with E-state index in [1.807, 2.05) is 25.2 Å². The Hall–Kier alpha value is -1.31. The topological polar surface area (TPSA) is 43.1 Å². The van der Waals surface area contributed by atoms with E-state index in [2.05, 4.69) is 13.5 Å². The zero-order valence-electron chi connectivity index (χ0n) is 14.7. The van der Waals surface area contributed by atoms with Crippen LogP contribution in [0.3, 0.4) is 0 Å². The molecule has 126 valence electrons. The van der Waals surface area contributed by atoms with Crippen LogP contribution in [-0.4, -0.2) is 5.78 Å². The number of ketones is 1. The van der Waals surface area contributed by atoms with Gasteiger partial charge >= 0.3 is 0 Å². The first-order valence-corrected chi connectivity index (χ1v) is 8.88. The average Bonchev–Trinajstić information content (AvgIpc) is 2.53. The number of unbranched alkanes of at least 4 members (excludes halogenated alkanes) is 2. The highest BCUT2D eigenvalue weighted by atomic mass is 16.1. The summed E-state index contributed by atoms with van der Waals surface area (Å²) < 4.78 is 0. The summed E-state index contributed by atoms with van der Waals surface area (Å²) in [5, 5.41) is 0. The molecule has 2 heteroatoms. The van der Waals surface area contributed by atoms with Gasteiger partial charge in [0.05, 0.1) is 0 Å². The highest BCUT2D eigenvalue weighted by Gasteiger charge is 2.09. The Morgan fingerprint density at radius 2 is 1.77 bits per heavy atom. The van der Waals surface area contributed by atoms with Crippen molar-refractivity contribution in [3.05, 3.63) is 36.6 Å². The molecule has 0 aromatic rings. The zero-order valence-corrected chi connectivity index (χ0v) is 14.7. The lowest BCUT2D eigenvalue weighted by Crippen LogP contribution is -2.02. The molecule has 0 aromatic heterocycles. The highest BCUT2D eigenvalue weighted by molar-refractivity contribution is 5.77. The van der Waals surface area contributed by atoms with Crippen molar-refractivity contribution in [2.45, 2.75) is 78.1 Å². The fraction of sp³-hybridized carbons (Fsp3) is 0.650. The van der Waals surface area contributed by atoms with Crippen LogP contribution in [0.2, 0.25) is 0 Å². The maximum atomic E-state index is 11.3. The smallest absolute Gasteiger partial charge is 0.132 e. The summed E-state index contributed by atoms with van der Waals surface area (Å²) >= 11 is 0. The summed E-state index contributed by atoms with van der Waals surface area (Å²) in [5.74, 6) is 1.17. The van der Waals surface area contributed by atoms with E-state index in [-0.39, 0.29) is 0 Å². The molecule has 2 nitrogen and oxygen atoms in total. The maximum Gasteiger partial charge on any atom is 0.132 e. The molecule has 1 atom stereocenters. The summed E-state index contributed by atoms with van der Waals surface area (Å²) in [4.78, 5) is 11.3. The third kappa shape index (κ3) is 12.4. The van der Waals surface area contributed by atoms with Gasteiger partial charge in [-0.15, -0.1) is 0 Å². The number of Topliss-reactive ketones (excluding diaryl/α,β-unsaturated/α-hetero) is 1. The zero-order chi connectivity index (χ0) is 16.6. The van der Waals surface area contributed by atoms with Crippen LogP contribution in [0.15, 0.2) is 36.6 Å². The molecule has 0 unspecified atom stereocenters. The number of hydrogen-bond donors (Lipinski definition) is 1. The number of carbonyl (C=O) groups excluding carboxylic acids is 1. The van der Waals surface area contributed by atoms with E-state index in [0.717, 1.165) is 25.2 Å². The van der Waals surface area contributed by atoms with Crippen LogP contribution < -0.4 is 5.73 Å². The summed E-state index contributed by atoms with van der Waals surface area (Å²) in [6, 6.07) is 0. The quantitative estimate of drug-likeness (QED) is 0.330. The van der Waals surface area contributed by atoms with Crippen molar-refractivity contribution in [3.8, 4) is 0 Å². The van der Waals surface area contributed by atoms with Gasteiger partial charge in [0.25, 0.3) is 0 Å². The number of allylic oxidation sites excluding steroid dienone is 4. The normalized spacial score (nSPS) is 13.0. The van der Waals surface area contributed by atoms with Crippen molar-refractivity contribution in [2.75, 3.05) is 0 Å². The predicted octanol–water partition coefficient (Wildman–Crippen LogP) is 5.70. The molecule has 0 fully saturated rings. The fourth-order valence-corrected chi connectivity index (χ4v) is 2.59. The molecule has 0 rings (SSSR count). The van der Waals surface area contributed by atoms with Crippen LogP contribution in [0.1, 0.15) is 78.1 Å². The summed E-state index contributed by atoms with van der Waals surface area (Å²) in [7, 11) is 0. The molecular formula is C20H35NO. The second-order valence-electron chi connectivity index (χ2n) is 6.09. The summed E-state index contributed by atoms with van der Waals surface area (Å²) in [5.41, 5.74) is 6.47. The van der Waals surface area contributed by atoms with Crippen LogP contribution in [0, 0.1) is 5.92 Å². The van der Waals surface area contributed by atoms with Gasteiger partial charge in [0.15, 0.2) is 0 Å². The lowest BCUT2D eigenvalue weighted by molar-refractivity contribution is -0.118. The third-order valence-corrected chi connectivity index (χ3v) is 4.11. The van der Waals surface area contributed by atoms with Gasteiger partial charge in [-0.3, -0.25) is 4.79 Å². The van der Waals surface area contributed by atoms with E-state index in [9.17, 15) is 4.79 Å². The third-order valence-electron chi connectivity index (χ3n) is 4.11. The van der Waals surface area contributed by atoms with Crippen molar-refractivity contribution < 1.29 is 4.79 Å². The second kappa shape index (κ2) is 14.6. The Balaban J connectivity index is 4.05. The monoisotopic (exact) mass is 305 g/mol. The molecule has 0 aromatic carbocycles. The molecule has 0 spiro atoms. The second-order valence-corrected chi connectivity index (χ2v) is 6.09. The minimum absolute atomic E-state index is 0.400. The molecule has 0 amide bonds. The van der Waals surface area contributed by atoms with E-state index in [1.54, 1.807) is 0 Å². The van der Waals surface area contributed by atoms with Crippen molar-refractivity contribution in [1.29, 1.82) is 0 Å². The molecule has 2 N–H and O–H groups in total. The van der Waals surface area contributed by atoms with Crippen LogP contribution in [0.5, 0.6) is 0 Å². The van der Waals surface area contributed by atoms with Gasteiger partial charge in [-0.2, -0.15) is 0 Å². The minimum Gasteiger partial charge on any atom is -0.405 e. The van der Waals surface area contributed by atoms with Gasteiger partial charge in [-0.05, 0) is 37.5 Å². The molecule has 0 saturated carbocycles. The lowest BCUT2D eigenvalue weighted by atomic mass is 9.89. The van der Waals surface area contributed by atoms with Gasteiger partial charge in [0.2, 0.25) is 0 Å². The Labute approximate surface area is 137 Å². The van der Waals surface area contributed by atoms with Gasteiger partial charge < -0.3 is 5.73 Å². The van der Waals surface area contributed by atoms with Crippen molar-refractivity contribution in [1.82, 2.24) is 0 Å². The molecule has 0 heterocycles. The Morgan fingerprint density at radius 3 is 2.41 bits per heavy atom. The van der Waals surface area contributed by atoms with E-state index in [0.29, 0.717) is 12.2 Å². The average molecular weight is 306 g/mol. The van der Waals surface area contributed by atoms with E-state index >= 15 is 0 Å². The largest absolute Gasteiger partial charge is 0.405 e. The van der Waals surface area contributed by atoms with E-state index < -0.39 is 0 Å². The maximum absolute atomic E-state index is 11.3. The van der Waals surface area contributed by atoms with Crippen molar-refractivity contribution in [2.24, 2.45) is 11.7 Å². The molecule has 0 aliphatic rings. The van der Waals surface area contributed by atoms with Gasteiger partial charge in [0, 0.05) is 12.8 Å². The van der Waals surface area contributed by atoms with Gasteiger partial charge in [0.1, 0.15) is 5.78 Å². The summed E-state index contributed by atoms with van der Waals surface area (Å²) in [6.45, 7) is 8.30. The standard InChI is InChI=1S/C20H35NO/c1-4-6-12-19(13-7-8-14-20(22)5-2)16-15-18(3)11-9-10-17-21/h9-11,17,19H,3-8,12-16,21H2,1-2H3/b11-9-,17-10-/t19-/m1/s1. The Morgan fingerprint density at radius 1 is 1.05 bits per heavy atom. The molecule has 22 heavy (non-hydrogen) atoms. The van der Waals surface area contributed by atoms with Crippen LogP contribution in [0.25, 0.3) is 0 Å². The van der Waals surface area contributed by atoms with Crippen molar-refractivity contribution in [3.63, 3.8) is 0 Å². The van der Waals surface area contributed by atoms with Crippen LogP contribution >= 0.6 is 0 Å². The number of rotatable bonds is 14. The molecular weight excluding hydrogens is 270 g/mol. The molecule has 0 radical (unpaired) electrons. The Kier molecular flexibility index (Phi) is 13.7.